The second kappa shape index (κ2) is 11.1. The summed E-state index contributed by atoms with van der Waals surface area (Å²) in [5.74, 6) is -2.33. The molecule has 0 aliphatic heterocycles. The van der Waals surface area contributed by atoms with Crippen LogP contribution in [0.4, 0.5) is 17.6 Å². The lowest BCUT2D eigenvalue weighted by molar-refractivity contribution is -0.183. The number of hydrogen-bond acceptors (Lipinski definition) is 5. The molecule has 13 heteroatoms. The van der Waals surface area contributed by atoms with Gasteiger partial charge in [0.1, 0.15) is 12.8 Å². The molecule has 37 heavy (non-hydrogen) atoms. The van der Waals surface area contributed by atoms with Crippen LogP contribution in [0.5, 0.6) is 0 Å². The van der Waals surface area contributed by atoms with Gasteiger partial charge in [0.05, 0.1) is 34.8 Å². The van der Waals surface area contributed by atoms with Gasteiger partial charge in [0.2, 0.25) is 15.9 Å². The minimum Gasteiger partial charge on any atom is -0.391 e. The summed E-state index contributed by atoms with van der Waals surface area (Å²) < 4.78 is 86.7. The van der Waals surface area contributed by atoms with E-state index >= 15 is 0 Å². The smallest absolute Gasteiger partial charge is 0.391 e. The molecule has 0 aromatic carbocycles. The van der Waals surface area contributed by atoms with E-state index in [0.29, 0.717) is 38.5 Å². The van der Waals surface area contributed by atoms with Gasteiger partial charge in [0.25, 0.3) is 0 Å². The Bertz CT molecular complexity index is 921. The highest BCUT2D eigenvalue weighted by Crippen LogP contribution is 2.48. The van der Waals surface area contributed by atoms with Crippen molar-refractivity contribution in [2.45, 2.75) is 118 Å². The van der Waals surface area contributed by atoms with Gasteiger partial charge < -0.3 is 15.2 Å². The zero-order valence-corrected chi connectivity index (χ0v) is 22.3. The average molecular weight is 577 g/mol. The molecular formula is C24H37ClF4N2O5S. The second-order valence-corrected chi connectivity index (χ2v) is 14.0. The number of aliphatic hydroxyl groups excluding tert-OH is 1. The van der Waals surface area contributed by atoms with E-state index in [1.807, 2.05) is 0 Å². The van der Waals surface area contributed by atoms with E-state index in [9.17, 15) is 35.9 Å². The van der Waals surface area contributed by atoms with Gasteiger partial charge in [-0.3, -0.25) is 4.79 Å². The third-order valence-corrected chi connectivity index (χ3v) is 11.1. The molecule has 7 nitrogen and oxygen atoms in total. The molecule has 4 atom stereocenters. The molecule has 2 bridgehead atoms. The van der Waals surface area contributed by atoms with Crippen molar-refractivity contribution in [3.05, 3.63) is 0 Å². The van der Waals surface area contributed by atoms with Crippen molar-refractivity contribution >= 4 is 27.5 Å². The molecule has 1 amide bonds. The molecule has 214 valence electrons. The van der Waals surface area contributed by atoms with Crippen molar-refractivity contribution in [3.63, 3.8) is 0 Å². The number of rotatable bonds is 8. The number of amides is 1. The van der Waals surface area contributed by atoms with Gasteiger partial charge in [0.15, 0.2) is 0 Å². The predicted molar refractivity (Wildman–Crippen MR) is 129 cm³/mol. The number of carbonyl (C=O) groups is 1. The van der Waals surface area contributed by atoms with Crippen LogP contribution in [0.25, 0.3) is 0 Å². The van der Waals surface area contributed by atoms with E-state index in [1.54, 1.807) is 0 Å². The molecule has 5 aliphatic carbocycles. The Labute approximate surface area is 220 Å². The first-order valence-corrected chi connectivity index (χ1v) is 15.3. The first-order valence-electron chi connectivity index (χ1n) is 13.2. The first-order chi connectivity index (χ1) is 17.2. The summed E-state index contributed by atoms with van der Waals surface area (Å²) in [6.45, 7) is -0.226. The zero-order valence-electron chi connectivity index (χ0n) is 20.7. The molecule has 5 aliphatic rings. The number of aliphatic hydroxyl groups is 1. The van der Waals surface area contributed by atoms with Crippen LogP contribution in [0.3, 0.4) is 0 Å². The minimum absolute atomic E-state index is 0.0638. The Morgan fingerprint density at radius 3 is 2.27 bits per heavy atom. The van der Waals surface area contributed by atoms with E-state index in [0.717, 1.165) is 0 Å². The SMILES string of the molecule is O=C(COC1CCC(Cl)C(F)C1)NC12CCC(NS(=O)(=O)CC3CCC(C(F)(F)F)CC3)(CC1)[C@@H](O)C2. The number of nitrogens with one attached hydrogen (secondary N) is 2. The van der Waals surface area contributed by atoms with E-state index in [4.69, 9.17) is 16.3 Å². The normalized spacial score (nSPS) is 40.9. The maximum absolute atomic E-state index is 13.8. The van der Waals surface area contributed by atoms with Crippen molar-refractivity contribution in [2.24, 2.45) is 11.8 Å². The Hall–Kier alpha value is -0.690. The minimum atomic E-state index is -4.25. The monoisotopic (exact) mass is 576 g/mol. The van der Waals surface area contributed by atoms with Gasteiger partial charge in [0, 0.05) is 12.0 Å². The Morgan fingerprint density at radius 2 is 1.70 bits per heavy atom. The number of sulfonamides is 1. The van der Waals surface area contributed by atoms with E-state index in [2.05, 4.69) is 10.0 Å². The molecule has 5 saturated carbocycles. The van der Waals surface area contributed by atoms with E-state index in [1.165, 1.54) is 0 Å². The number of carbonyl (C=O) groups excluding carboxylic acids is 1. The number of hydrogen-bond donors (Lipinski definition) is 3. The van der Waals surface area contributed by atoms with Gasteiger partial charge in [-0.15, -0.1) is 11.6 Å². The van der Waals surface area contributed by atoms with Crippen molar-refractivity contribution in [1.29, 1.82) is 0 Å². The lowest BCUT2D eigenvalue weighted by Crippen LogP contribution is -2.70. The second-order valence-electron chi connectivity index (χ2n) is 11.6. The lowest BCUT2D eigenvalue weighted by atomic mass is 9.60. The lowest BCUT2D eigenvalue weighted by Gasteiger charge is -2.56. The van der Waals surface area contributed by atoms with Gasteiger partial charge in [-0.05, 0) is 76.5 Å². The summed E-state index contributed by atoms with van der Waals surface area (Å²) >= 11 is 5.89. The topological polar surface area (TPSA) is 105 Å². The van der Waals surface area contributed by atoms with Crippen LogP contribution in [0, 0.1) is 11.8 Å². The third kappa shape index (κ3) is 7.10. The van der Waals surface area contributed by atoms with Crippen LogP contribution in [0.2, 0.25) is 0 Å². The van der Waals surface area contributed by atoms with Crippen LogP contribution in [-0.2, 0) is 19.6 Å². The molecule has 0 aromatic rings. The standard InChI is InChI=1S/C24H37ClF4N2O5S/c25-18-6-5-17(11-19(18)26)36-13-21(33)30-22-7-9-23(10-8-22,20(32)12-22)31-37(34,35)14-15-1-3-16(4-2-15)24(27,28)29/h15-20,31-32H,1-14H2,(H,30,33)/t15?,16?,17?,18?,19?,20-,22?,23?/m0/s1. The number of halogens is 5. The molecule has 0 spiro atoms. The van der Waals surface area contributed by atoms with Crippen molar-refractivity contribution in [2.75, 3.05) is 12.4 Å². The molecule has 3 N–H and O–H groups in total. The van der Waals surface area contributed by atoms with Crippen molar-refractivity contribution in [3.8, 4) is 0 Å². The average Bonchev–Trinajstić information content (AvgIpc) is 2.80. The Morgan fingerprint density at radius 1 is 1.05 bits per heavy atom. The summed E-state index contributed by atoms with van der Waals surface area (Å²) in [6.07, 6.45) is -3.51. The highest BCUT2D eigenvalue weighted by atomic mass is 35.5. The van der Waals surface area contributed by atoms with Crippen LogP contribution in [0.15, 0.2) is 0 Å². The number of fused-ring (bicyclic) bond motifs is 3. The molecular weight excluding hydrogens is 540 g/mol. The summed E-state index contributed by atoms with van der Waals surface area (Å²) in [5, 5.41) is 13.4. The molecule has 5 rings (SSSR count). The highest BCUT2D eigenvalue weighted by Gasteiger charge is 2.56. The van der Waals surface area contributed by atoms with Crippen molar-refractivity contribution in [1.82, 2.24) is 10.0 Å². The molecule has 0 aromatic heterocycles. The first kappa shape index (κ1) is 29.3. The summed E-state index contributed by atoms with van der Waals surface area (Å²) in [5.41, 5.74) is -1.71. The maximum Gasteiger partial charge on any atom is 0.391 e. The predicted octanol–water partition coefficient (Wildman–Crippen LogP) is 3.72. The third-order valence-electron chi connectivity index (χ3n) is 8.94. The molecule has 0 radical (unpaired) electrons. The van der Waals surface area contributed by atoms with Gasteiger partial charge in [-0.25, -0.2) is 17.5 Å². The quantitative estimate of drug-likeness (QED) is 0.302. The number of alkyl halides is 5. The summed E-state index contributed by atoms with van der Waals surface area (Å²) in [6, 6.07) is 0. The van der Waals surface area contributed by atoms with Gasteiger partial charge >= 0.3 is 6.18 Å². The fourth-order valence-electron chi connectivity index (χ4n) is 6.66. The largest absolute Gasteiger partial charge is 0.391 e. The molecule has 0 heterocycles. The fraction of sp³-hybridized carbons (Fsp3) is 0.958. The zero-order chi connectivity index (χ0) is 27.1. The Balaban J connectivity index is 1.25. The molecule has 0 saturated heterocycles. The van der Waals surface area contributed by atoms with Gasteiger partial charge in [-0.1, -0.05) is 0 Å². The molecule has 3 unspecified atom stereocenters. The Kier molecular flexibility index (Phi) is 8.76. The number of ether oxygens (including phenoxy) is 1. The van der Waals surface area contributed by atoms with E-state index < -0.39 is 50.8 Å². The van der Waals surface area contributed by atoms with Crippen molar-refractivity contribution < 1.29 is 40.6 Å². The highest BCUT2D eigenvalue weighted by molar-refractivity contribution is 7.89. The summed E-state index contributed by atoms with van der Waals surface area (Å²) in [4.78, 5) is 12.6. The fourth-order valence-corrected chi connectivity index (χ4v) is 8.89. The van der Waals surface area contributed by atoms with Crippen LogP contribution in [-0.4, -0.2) is 72.8 Å². The van der Waals surface area contributed by atoms with Crippen LogP contribution >= 0.6 is 11.6 Å². The summed E-state index contributed by atoms with van der Waals surface area (Å²) in [7, 11) is -3.82. The van der Waals surface area contributed by atoms with Gasteiger partial charge in [-0.2, -0.15) is 13.2 Å². The van der Waals surface area contributed by atoms with Crippen LogP contribution in [0.1, 0.15) is 77.0 Å². The maximum atomic E-state index is 13.8. The van der Waals surface area contributed by atoms with E-state index in [-0.39, 0.29) is 68.8 Å². The molecule has 5 fully saturated rings. The van der Waals surface area contributed by atoms with Crippen LogP contribution < -0.4 is 10.0 Å².